The number of methoxy groups -OCH3 is 1. The molecule has 0 aliphatic carbocycles. The van der Waals surface area contributed by atoms with E-state index >= 15 is 0 Å². The summed E-state index contributed by atoms with van der Waals surface area (Å²) in [6.07, 6.45) is 5.54. The average molecular weight is 339 g/mol. The maximum absolute atomic E-state index is 6.03. The highest BCUT2D eigenvalue weighted by molar-refractivity contribution is 6.09. The van der Waals surface area contributed by atoms with Crippen LogP contribution >= 0.6 is 0 Å². The molecule has 0 atom stereocenters. The van der Waals surface area contributed by atoms with E-state index in [1.54, 1.807) is 7.11 Å². The Balaban J connectivity index is 1.55. The van der Waals surface area contributed by atoms with Crippen LogP contribution in [0.3, 0.4) is 0 Å². The molecule has 0 radical (unpaired) electrons. The molecule has 3 aromatic rings. The average Bonchev–Trinajstić information content (AvgIpc) is 3.25. The van der Waals surface area contributed by atoms with Crippen molar-refractivity contribution in [3.63, 3.8) is 0 Å². The first-order valence-corrected chi connectivity index (χ1v) is 9.06. The van der Waals surface area contributed by atoms with Crippen molar-refractivity contribution in [1.82, 2.24) is 14.9 Å². The Kier molecular flexibility index (Phi) is 4.49. The fraction of sp³-hybridized carbons (Fsp3) is 0.450. The molecule has 1 aromatic carbocycles. The van der Waals surface area contributed by atoms with Crippen molar-refractivity contribution in [2.24, 2.45) is 0 Å². The monoisotopic (exact) mass is 339 g/mol. The molecule has 1 fully saturated rings. The minimum absolute atomic E-state index is 0.708. The van der Waals surface area contributed by atoms with Gasteiger partial charge in [0.05, 0.1) is 19.2 Å². The van der Waals surface area contributed by atoms with Crippen molar-refractivity contribution in [2.45, 2.75) is 26.2 Å². The molecule has 3 heterocycles. The lowest BCUT2D eigenvalue weighted by Crippen LogP contribution is -2.21. The summed E-state index contributed by atoms with van der Waals surface area (Å²) in [5, 5.41) is 2.28. The molecule has 1 aliphatic rings. The van der Waals surface area contributed by atoms with Crippen molar-refractivity contribution in [1.29, 1.82) is 0 Å². The second-order valence-electron chi connectivity index (χ2n) is 6.74. The van der Waals surface area contributed by atoms with Crippen LogP contribution in [0.25, 0.3) is 21.8 Å². The van der Waals surface area contributed by atoms with Gasteiger partial charge in [-0.15, -0.1) is 0 Å². The molecule has 0 bridgehead atoms. The summed E-state index contributed by atoms with van der Waals surface area (Å²) in [5.74, 6) is 1.58. The van der Waals surface area contributed by atoms with Crippen LogP contribution in [0.15, 0.2) is 24.4 Å². The molecule has 132 valence electrons. The number of H-pyrrole nitrogens is 1. The third-order valence-corrected chi connectivity index (χ3v) is 5.06. The van der Waals surface area contributed by atoms with E-state index in [0.717, 1.165) is 52.0 Å². The van der Waals surface area contributed by atoms with Crippen molar-refractivity contribution in [2.75, 3.05) is 33.4 Å². The van der Waals surface area contributed by atoms with Gasteiger partial charge in [0, 0.05) is 40.8 Å². The molecule has 1 N–H and O–H groups in total. The number of aromatic nitrogens is 2. The number of aryl methyl sites for hydroxylation is 1. The Labute approximate surface area is 147 Å². The smallest absolute Gasteiger partial charge is 0.163 e. The molecule has 2 aromatic heterocycles. The Hall–Kier alpha value is -2.27. The van der Waals surface area contributed by atoms with Crippen LogP contribution in [0, 0.1) is 6.92 Å². The molecule has 4 rings (SSSR count). The zero-order valence-electron chi connectivity index (χ0n) is 15.0. The number of likely N-dealkylation sites (tertiary alicyclic amines) is 1. The van der Waals surface area contributed by atoms with Gasteiger partial charge in [-0.05, 0) is 51.4 Å². The number of rotatable bonds is 6. The summed E-state index contributed by atoms with van der Waals surface area (Å²) < 4.78 is 11.6. The first-order chi connectivity index (χ1) is 12.3. The van der Waals surface area contributed by atoms with Crippen molar-refractivity contribution in [3.8, 4) is 11.5 Å². The molecular formula is C20H25N3O2. The van der Waals surface area contributed by atoms with E-state index in [1.807, 2.05) is 25.3 Å². The van der Waals surface area contributed by atoms with Crippen LogP contribution in [0.1, 0.15) is 25.0 Å². The van der Waals surface area contributed by atoms with E-state index in [1.165, 1.54) is 25.9 Å². The lowest BCUT2D eigenvalue weighted by Gasteiger charge is -2.15. The SMILES string of the molecule is COc1cc2c(cc1OCCCN1CCCC1)[nH]c1ccnc(C)c12. The number of hydrogen-bond acceptors (Lipinski definition) is 4. The number of nitrogens with zero attached hydrogens (tertiary/aromatic N) is 2. The second kappa shape index (κ2) is 6.92. The van der Waals surface area contributed by atoms with Gasteiger partial charge in [0.1, 0.15) is 0 Å². The lowest BCUT2D eigenvalue weighted by molar-refractivity contribution is 0.254. The summed E-state index contributed by atoms with van der Waals surface area (Å²) in [5.41, 5.74) is 3.17. The van der Waals surface area contributed by atoms with Gasteiger partial charge < -0.3 is 19.4 Å². The molecule has 0 saturated carbocycles. The zero-order chi connectivity index (χ0) is 17.2. The molecule has 0 amide bonds. The number of pyridine rings is 1. The van der Waals surface area contributed by atoms with Crippen LogP contribution in [0.2, 0.25) is 0 Å². The molecule has 0 spiro atoms. The predicted octanol–water partition coefficient (Wildman–Crippen LogP) is 3.90. The first kappa shape index (κ1) is 16.2. The molecule has 5 heteroatoms. The summed E-state index contributed by atoms with van der Waals surface area (Å²) >= 11 is 0. The fourth-order valence-electron chi connectivity index (χ4n) is 3.77. The van der Waals surface area contributed by atoms with Crippen LogP contribution < -0.4 is 9.47 Å². The summed E-state index contributed by atoms with van der Waals surface area (Å²) in [6, 6.07) is 6.10. The maximum atomic E-state index is 6.03. The van der Waals surface area contributed by atoms with Crippen molar-refractivity contribution < 1.29 is 9.47 Å². The van der Waals surface area contributed by atoms with Gasteiger partial charge in [0.25, 0.3) is 0 Å². The lowest BCUT2D eigenvalue weighted by atomic mass is 10.1. The Bertz CT molecular complexity index is 881. The summed E-state index contributed by atoms with van der Waals surface area (Å²) in [6.45, 7) is 6.32. The normalized spacial score (nSPS) is 15.3. The summed E-state index contributed by atoms with van der Waals surface area (Å²) in [7, 11) is 1.69. The van der Waals surface area contributed by atoms with E-state index in [0.29, 0.717) is 6.61 Å². The quantitative estimate of drug-likeness (QED) is 0.692. The maximum Gasteiger partial charge on any atom is 0.163 e. The van der Waals surface area contributed by atoms with Gasteiger partial charge in [0.2, 0.25) is 0 Å². The van der Waals surface area contributed by atoms with E-state index in [2.05, 4.69) is 20.9 Å². The molecule has 25 heavy (non-hydrogen) atoms. The zero-order valence-corrected chi connectivity index (χ0v) is 15.0. The first-order valence-electron chi connectivity index (χ1n) is 9.06. The number of nitrogens with one attached hydrogen (secondary N) is 1. The number of ether oxygens (including phenoxy) is 2. The number of hydrogen-bond donors (Lipinski definition) is 1. The third-order valence-electron chi connectivity index (χ3n) is 5.06. The van der Waals surface area contributed by atoms with Crippen LogP contribution in [-0.4, -0.2) is 48.2 Å². The highest BCUT2D eigenvalue weighted by Crippen LogP contribution is 2.36. The minimum Gasteiger partial charge on any atom is -0.493 e. The van der Waals surface area contributed by atoms with Crippen LogP contribution in [0.5, 0.6) is 11.5 Å². The Morgan fingerprint density at radius 2 is 2.00 bits per heavy atom. The van der Waals surface area contributed by atoms with E-state index in [-0.39, 0.29) is 0 Å². The van der Waals surface area contributed by atoms with Gasteiger partial charge in [-0.3, -0.25) is 4.98 Å². The molecule has 0 unspecified atom stereocenters. The van der Waals surface area contributed by atoms with Gasteiger partial charge in [0.15, 0.2) is 11.5 Å². The largest absolute Gasteiger partial charge is 0.493 e. The highest BCUT2D eigenvalue weighted by atomic mass is 16.5. The van der Waals surface area contributed by atoms with E-state index < -0.39 is 0 Å². The highest BCUT2D eigenvalue weighted by Gasteiger charge is 2.14. The van der Waals surface area contributed by atoms with Crippen LogP contribution in [-0.2, 0) is 0 Å². The minimum atomic E-state index is 0.708. The number of benzene rings is 1. The van der Waals surface area contributed by atoms with E-state index in [4.69, 9.17) is 9.47 Å². The molecule has 5 nitrogen and oxygen atoms in total. The molecular weight excluding hydrogens is 314 g/mol. The van der Waals surface area contributed by atoms with Gasteiger partial charge in [-0.25, -0.2) is 0 Å². The van der Waals surface area contributed by atoms with E-state index in [9.17, 15) is 0 Å². The van der Waals surface area contributed by atoms with Gasteiger partial charge in [-0.2, -0.15) is 0 Å². The topological polar surface area (TPSA) is 50.4 Å². The standard InChI is InChI=1S/C20H25N3O2/c1-14-20-15-12-18(24-2)19(13-17(15)22-16(20)6-7-21-14)25-11-5-10-23-8-3-4-9-23/h6-7,12-13,22H,3-5,8-11H2,1-2H3. The molecule has 1 aliphatic heterocycles. The number of aromatic amines is 1. The molecule has 1 saturated heterocycles. The van der Waals surface area contributed by atoms with Crippen molar-refractivity contribution in [3.05, 3.63) is 30.1 Å². The fourth-order valence-corrected chi connectivity index (χ4v) is 3.77. The second-order valence-corrected chi connectivity index (χ2v) is 6.74. The summed E-state index contributed by atoms with van der Waals surface area (Å²) in [4.78, 5) is 10.4. The Morgan fingerprint density at radius 3 is 2.80 bits per heavy atom. The predicted molar refractivity (Wildman–Crippen MR) is 101 cm³/mol. The Morgan fingerprint density at radius 1 is 1.16 bits per heavy atom. The van der Waals surface area contributed by atoms with Crippen molar-refractivity contribution >= 4 is 21.8 Å². The van der Waals surface area contributed by atoms with Gasteiger partial charge in [-0.1, -0.05) is 0 Å². The van der Waals surface area contributed by atoms with Crippen LogP contribution in [0.4, 0.5) is 0 Å². The number of fused-ring (bicyclic) bond motifs is 3. The third kappa shape index (κ3) is 3.16. The van der Waals surface area contributed by atoms with Gasteiger partial charge >= 0.3 is 0 Å².